The second-order valence-corrected chi connectivity index (χ2v) is 24.8. The third-order valence-corrected chi connectivity index (χ3v) is 15.3. The lowest BCUT2D eigenvalue weighted by Crippen LogP contribution is -2.30. The van der Waals surface area contributed by atoms with E-state index in [-0.39, 0.29) is 25.7 Å². The zero-order chi connectivity index (χ0) is 59.2. The van der Waals surface area contributed by atoms with Gasteiger partial charge in [-0.15, -0.1) is 0 Å². The van der Waals surface area contributed by atoms with Crippen LogP contribution in [0.25, 0.3) is 0 Å². The van der Waals surface area contributed by atoms with Crippen molar-refractivity contribution in [3.05, 3.63) is 24.3 Å². The molecule has 5 atom stereocenters. The van der Waals surface area contributed by atoms with Gasteiger partial charge in [-0.3, -0.25) is 37.3 Å². The summed E-state index contributed by atoms with van der Waals surface area (Å²) in [6.45, 7) is 6.96. The third kappa shape index (κ3) is 54.8. The molecule has 0 spiro atoms. The quantitative estimate of drug-likeness (QED) is 0.0169. The lowest BCUT2D eigenvalue weighted by Gasteiger charge is -2.21. The molecule has 0 radical (unpaired) electrons. The molecular weight excluding hydrogens is 1070 g/mol. The van der Waals surface area contributed by atoms with Gasteiger partial charge >= 0.3 is 39.5 Å². The maximum Gasteiger partial charge on any atom is 0.472 e. The van der Waals surface area contributed by atoms with Crippen LogP contribution in [0, 0.1) is 5.92 Å². The Hall–Kier alpha value is -2.46. The molecule has 0 aromatic carbocycles. The summed E-state index contributed by atoms with van der Waals surface area (Å²) >= 11 is 0. The molecule has 0 saturated carbocycles. The van der Waals surface area contributed by atoms with Crippen molar-refractivity contribution < 1.29 is 80.2 Å². The molecule has 0 fully saturated rings. The number of hydrogen-bond acceptors (Lipinski definition) is 15. The predicted molar refractivity (Wildman–Crippen MR) is 317 cm³/mol. The molecule has 2 unspecified atom stereocenters. The van der Waals surface area contributed by atoms with Crippen molar-refractivity contribution in [1.29, 1.82) is 0 Å². The van der Waals surface area contributed by atoms with E-state index in [0.717, 1.165) is 128 Å². The Kier molecular flexibility index (Phi) is 52.8. The Morgan fingerprint density at radius 3 is 1.02 bits per heavy atom. The van der Waals surface area contributed by atoms with Crippen LogP contribution in [0.4, 0.5) is 0 Å². The van der Waals surface area contributed by atoms with Crippen molar-refractivity contribution in [3.63, 3.8) is 0 Å². The fourth-order valence-electron chi connectivity index (χ4n) is 8.51. The molecular formula is C61H114O17P2. The molecule has 0 aromatic heterocycles. The minimum atomic E-state index is -4.95. The average molecular weight is 1180 g/mol. The largest absolute Gasteiger partial charge is 0.472 e. The maximum absolute atomic E-state index is 12.9. The van der Waals surface area contributed by atoms with Gasteiger partial charge in [-0.25, -0.2) is 9.13 Å². The summed E-state index contributed by atoms with van der Waals surface area (Å²) in [5.74, 6) is -1.43. The van der Waals surface area contributed by atoms with Gasteiger partial charge < -0.3 is 33.8 Å². The first-order chi connectivity index (χ1) is 38.5. The second kappa shape index (κ2) is 54.5. The fraction of sp³-hybridized carbons (Fsp3) is 0.869. The standard InChI is InChI=1S/C61H114O17P2/c1-6-9-12-15-17-18-19-20-21-22-23-28-32-37-42-47-61(66)78-57(51-72-59(64)45-40-35-31-27-25-24-26-30-34-38-43-54(4)5)53-76-80(69,70)74-49-55(62)48-73-79(67,68)75-52-56(50-71-58(63)44-39-33-14-11-8-3)77-60(65)46-41-36-29-16-13-10-7-2/h18-21,54-57,62H,6-17,22-53H2,1-5H3,(H,67,68)(H,69,70)/b19-18-,21-20-/t55-,56+,57+/m0/s1. The topological polar surface area (TPSA) is 237 Å². The summed E-state index contributed by atoms with van der Waals surface area (Å²) in [5, 5.41) is 10.5. The van der Waals surface area contributed by atoms with Crippen molar-refractivity contribution in [3.8, 4) is 0 Å². The minimum absolute atomic E-state index is 0.0846. The summed E-state index contributed by atoms with van der Waals surface area (Å²) < 4.78 is 67.5. The summed E-state index contributed by atoms with van der Waals surface area (Å²) in [6, 6.07) is 0. The van der Waals surface area contributed by atoms with E-state index in [1.807, 2.05) is 0 Å². The Labute approximate surface area is 484 Å². The zero-order valence-corrected chi connectivity index (χ0v) is 52.5. The van der Waals surface area contributed by atoms with Gasteiger partial charge in [0.15, 0.2) is 12.2 Å². The van der Waals surface area contributed by atoms with Crippen molar-refractivity contribution in [2.24, 2.45) is 5.92 Å². The van der Waals surface area contributed by atoms with E-state index in [0.29, 0.717) is 25.7 Å². The highest BCUT2D eigenvalue weighted by Gasteiger charge is 2.30. The fourth-order valence-corrected chi connectivity index (χ4v) is 10.1. The number of ether oxygens (including phenoxy) is 4. The predicted octanol–water partition coefficient (Wildman–Crippen LogP) is 16.2. The van der Waals surface area contributed by atoms with E-state index in [2.05, 4.69) is 58.9 Å². The van der Waals surface area contributed by atoms with Crippen LogP contribution in [-0.2, 0) is 65.4 Å². The number of rotatable bonds is 59. The molecule has 0 aliphatic rings. The lowest BCUT2D eigenvalue weighted by molar-refractivity contribution is -0.161. The first-order valence-electron chi connectivity index (χ1n) is 31.5. The van der Waals surface area contributed by atoms with Crippen LogP contribution in [0.3, 0.4) is 0 Å². The lowest BCUT2D eigenvalue weighted by atomic mass is 10.0. The van der Waals surface area contributed by atoms with Gasteiger partial charge in [-0.2, -0.15) is 0 Å². The maximum atomic E-state index is 12.9. The van der Waals surface area contributed by atoms with Crippen LogP contribution in [0.5, 0.6) is 0 Å². The minimum Gasteiger partial charge on any atom is -0.462 e. The van der Waals surface area contributed by atoms with E-state index in [4.69, 9.17) is 37.0 Å². The highest BCUT2D eigenvalue weighted by Crippen LogP contribution is 2.45. The number of carbonyl (C=O) groups is 4. The van der Waals surface area contributed by atoms with Gasteiger partial charge in [0.1, 0.15) is 19.3 Å². The number of carbonyl (C=O) groups excluding carboxylic acids is 4. The molecule has 19 heteroatoms. The SMILES string of the molecule is CCCCCC/C=C\C=C/CCCCCCCC(=O)O[C@H](COC(=O)CCCCCCCCCCCCC(C)C)COP(=O)(O)OC[C@@H](O)COP(=O)(O)OC[C@@H](COC(=O)CCCCCCC)OC(=O)CCCCCCCCC. The number of unbranched alkanes of at least 4 members (excludes halogenated alkanes) is 28. The Morgan fingerprint density at radius 1 is 0.388 bits per heavy atom. The first kappa shape index (κ1) is 77.5. The van der Waals surface area contributed by atoms with E-state index >= 15 is 0 Å². The summed E-state index contributed by atoms with van der Waals surface area (Å²) in [7, 11) is -9.88. The highest BCUT2D eigenvalue weighted by molar-refractivity contribution is 7.47. The van der Waals surface area contributed by atoms with Crippen LogP contribution >= 0.6 is 15.6 Å². The molecule has 0 heterocycles. The molecule has 17 nitrogen and oxygen atoms in total. The summed E-state index contributed by atoms with van der Waals surface area (Å²) in [6.07, 6.45) is 40.3. The smallest absolute Gasteiger partial charge is 0.462 e. The molecule has 3 N–H and O–H groups in total. The summed E-state index contributed by atoms with van der Waals surface area (Å²) in [4.78, 5) is 71.7. The van der Waals surface area contributed by atoms with E-state index < -0.39 is 97.5 Å². The first-order valence-corrected chi connectivity index (χ1v) is 34.4. The molecule has 0 rings (SSSR count). The number of phosphoric ester groups is 2. The Balaban J connectivity index is 5.20. The third-order valence-electron chi connectivity index (χ3n) is 13.4. The normalized spacial score (nSPS) is 14.5. The highest BCUT2D eigenvalue weighted by atomic mass is 31.2. The Morgan fingerprint density at radius 2 is 0.675 bits per heavy atom. The van der Waals surface area contributed by atoms with Gasteiger partial charge in [0.2, 0.25) is 0 Å². The molecule has 0 amide bonds. The molecule has 0 saturated heterocycles. The summed E-state index contributed by atoms with van der Waals surface area (Å²) in [5.41, 5.74) is 0. The number of phosphoric acid groups is 2. The van der Waals surface area contributed by atoms with Gasteiger partial charge in [-0.1, -0.05) is 226 Å². The monoisotopic (exact) mass is 1180 g/mol. The van der Waals surface area contributed by atoms with Crippen molar-refractivity contribution >= 4 is 39.5 Å². The van der Waals surface area contributed by atoms with Crippen LogP contribution in [0.2, 0.25) is 0 Å². The number of allylic oxidation sites excluding steroid dienone is 4. The number of aliphatic hydroxyl groups is 1. The van der Waals surface area contributed by atoms with Crippen LogP contribution < -0.4 is 0 Å². The molecule has 0 bridgehead atoms. The molecule has 0 aromatic rings. The number of hydrogen-bond donors (Lipinski definition) is 3. The Bertz CT molecular complexity index is 1660. The van der Waals surface area contributed by atoms with Crippen molar-refractivity contribution in [2.75, 3.05) is 39.6 Å². The van der Waals surface area contributed by atoms with E-state index in [9.17, 15) is 43.2 Å². The van der Waals surface area contributed by atoms with E-state index in [1.165, 1.54) is 70.6 Å². The average Bonchev–Trinajstić information content (AvgIpc) is 3.42. The molecule has 0 aliphatic carbocycles. The van der Waals surface area contributed by atoms with Gasteiger partial charge in [-0.05, 0) is 57.3 Å². The van der Waals surface area contributed by atoms with Crippen LogP contribution in [0.1, 0.15) is 279 Å². The zero-order valence-electron chi connectivity index (χ0n) is 50.7. The molecule has 80 heavy (non-hydrogen) atoms. The molecule has 0 aliphatic heterocycles. The second-order valence-electron chi connectivity index (χ2n) is 21.9. The van der Waals surface area contributed by atoms with Gasteiger partial charge in [0.05, 0.1) is 26.4 Å². The van der Waals surface area contributed by atoms with Gasteiger partial charge in [0, 0.05) is 25.7 Å². The molecule has 470 valence electrons. The van der Waals surface area contributed by atoms with Crippen LogP contribution in [-0.4, -0.2) is 96.7 Å². The van der Waals surface area contributed by atoms with Gasteiger partial charge in [0.25, 0.3) is 0 Å². The van der Waals surface area contributed by atoms with Crippen LogP contribution in [0.15, 0.2) is 24.3 Å². The van der Waals surface area contributed by atoms with Crippen molar-refractivity contribution in [2.45, 2.75) is 297 Å². The number of aliphatic hydroxyl groups excluding tert-OH is 1. The van der Waals surface area contributed by atoms with E-state index in [1.54, 1.807) is 0 Å². The van der Waals surface area contributed by atoms with Crippen molar-refractivity contribution in [1.82, 2.24) is 0 Å². The number of esters is 4.